The number of carbonyl (C=O) groups excluding carboxylic acids is 1. The van der Waals surface area contributed by atoms with Gasteiger partial charge in [-0.05, 0) is 34.6 Å². The Balaban J connectivity index is 0. The van der Waals surface area contributed by atoms with E-state index < -0.39 is 0 Å². The smallest absolute Gasteiger partial charge is 0.129 e. The summed E-state index contributed by atoms with van der Waals surface area (Å²) in [6, 6.07) is 0. The molecule has 74 valence electrons. The summed E-state index contributed by atoms with van der Waals surface area (Å²) >= 11 is 0. The Bertz CT molecular complexity index is 100. The third kappa shape index (κ3) is 22.6. The van der Waals surface area contributed by atoms with Gasteiger partial charge in [-0.15, -0.1) is 0 Å². The summed E-state index contributed by atoms with van der Waals surface area (Å²) in [6.45, 7) is 11.6. The highest BCUT2D eigenvalue weighted by atomic mass is 16.5. The van der Waals surface area contributed by atoms with Gasteiger partial charge in [-0.25, -0.2) is 0 Å². The normalized spacial score (nSPS) is 9.67. The van der Waals surface area contributed by atoms with Crippen LogP contribution in [0.2, 0.25) is 0 Å². The largest absolute Gasteiger partial charge is 0.376 e. The SMILES string of the molecule is CC(C)OC(C)C.CCC(C)=O. The van der Waals surface area contributed by atoms with E-state index in [4.69, 9.17) is 4.74 Å². The quantitative estimate of drug-likeness (QED) is 0.657. The zero-order chi connectivity index (χ0) is 10.1. The van der Waals surface area contributed by atoms with Crippen molar-refractivity contribution in [2.24, 2.45) is 0 Å². The van der Waals surface area contributed by atoms with Crippen molar-refractivity contribution < 1.29 is 9.53 Å². The van der Waals surface area contributed by atoms with Crippen molar-refractivity contribution in [3.8, 4) is 0 Å². The van der Waals surface area contributed by atoms with Crippen LogP contribution < -0.4 is 0 Å². The topological polar surface area (TPSA) is 26.3 Å². The number of ketones is 1. The van der Waals surface area contributed by atoms with Gasteiger partial charge in [0, 0.05) is 6.42 Å². The van der Waals surface area contributed by atoms with Gasteiger partial charge in [0.25, 0.3) is 0 Å². The van der Waals surface area contributed by atoms with Gasteiger partial charge in [-0.2, -0.15) is 0 Å². The summed E-state index contributed by atoms with van der Waals surface area (Å²) < 4.78 is 5.25. The van der Waals surface area contributed by atoms with Gasteiger partial charge >= 0.3 is 0 Å². The third-order valence-corrected chi connectivity index (χ3v) is 1.04. The van der Waals surface area contributed by atoms with Gasteiger partial charge in [0.05, 0.1) is 12.2 Å². The Kier molecular flexibility index (Phi) is 10.3. The maximum Gasteiger partial charge on any atom is 0.129 e. The number of Topliss-reactive ketones (excluding diaryl/α,β-unsaturated/α-hetero) is 1. The van der Waals surface area contributed by atoms with E-state index in [1.54, 1.807) is 6.92 Å². The second-order valence-corrected chi connectivity index (χ2v) is 3.29. The Labute approximate surface area is 76.3 Å². The molecule has 0 aliphatic carbocycles. The van der Waals surface area contributed by atoms with Crippen LogP contribution in [0.5, 0.6) is 0 Å². The standard InChI is InChI=1S/C6H14O.C4H8O/c1-5(2)7-6(3)4;1-3-4(2)5/h5-6H,1-4H3;3H2,1-2H3. The molecule has 0 N–H and O–H groups in total. The molecule has 0 aromatic heterocycles. The van der Waals surface area contributed by atoms with Crippen LogP contribution in [0.15, 0.2) is 0 Å². The molecular formula is C10H22O2. The molecular weight excluding hydrogens is 152 g/mol. The van der Waals surface area contributed by atoms with Crippen LogP contribution in [0.4, 0.5) is 0 Å². The molecule has 0 rings (SSSR count). The Morgan fingerprint density at radius 1 is 1.17 bits per heavy atom. The van der Waals surface area contributed by atoms with Crippen molar-refractivity contribution in [2.75, 3.05) is 0 Å². The van der Waals surface area contributed by atoms with Crippen LogP contribution in [0.3, 0.4) is 0 Å². The molecule has 0 fully saturated rings. The van der Waals surface area contributed by atoms with Gasteiger partial charge in [-0.1, -0.05) is 6.92 Å². The maximum absolute atomic E-state index is 9.81. The minimum Gasteiger partial charge on any atom is -0.376 e. The molecule has 0 aliphatic rings. The molecule has 0 saturated heterocycles. The zero-order valence-corrected chi connectivity index (χ0v) is 9.18. The average Bonchev–Trinajstić information content (AvgIpc) is 1.85. The van der Waals surface area contributed by atoms with Crippen molar-refractivity contribution in [1.29, 1.82) is 0 Å². The highest BCUT2D eigenvalue weighted by molar-refractivity contribution is 5.74. The van der Waals surface area contributed by atoms with E-state index in [-0.39, 0.29) is 5.78 Å². The van der Waals surface area contributed by atoms with Crippen molar-refractivity contribution >= 4 is 5.78 Å². The summed E-state index contributed by atoms with van der Waals surface area (Å²) in [5.74, 6) is 0.255. The predicted molar refractivity (Wildman–Crippen MR) is 52.3 cm³/mol. The molecule has 0 spiro atoms. The molecule has 0 unspecified atom stereocenters. The molecule has 0 saturated carbocycles. The first-order valence-electron chi connectivity index (χ1n) is 4.55. The zero-order valence-electron chi connectivity index (χ0n) is 9.18. The van der Waals surface area contributed by atoms with Gasteiger partial charge in [0.1, 0.15) is 5.78 Å². The molecule has 0 amide bonds. The predicted octanol–water partition coefficient (Wildman–Crippen LogP) is 2.81. The molecule has 2 nitrogen and oxygen atoms in total. The molecule has 2 heteroatoms. The third-order valence-electron chi connectivity index (χ3n) is 1.04. The van der Waals surface area contributed by atoms with Crippen molar-refractivity contribution in [1.82, 2.24) is 0 Å². The van der Waals surface area contributed by atoms with Crippen LogP contribution in [-0.2, 0) is 9.53 Å². The lowest BCUT2D eigenvalue weighted by Crippen LogP contribution is -2.09. The van der Waals surface area contributed by atoms with E-state index in [0.29, 0.717) is 18.6 Å². The van der Waals surface area contributed by atoms with E-state index >= 15 is 0 Å². The first kappa shape index (κ1) is 14.2. The van der Waals surface area contributed by atoms with E-state index in [2.05, 4.69) is 0 Å². The van der Waals surface area contributed by atoms with Crippen LogP contribution in [0.25, 0.3) is 0 Å². The minimum absolute atomic E-state index is 0.255. The molecule has 12 heavy (non-hydrogen) atoms. The molecule has 0 bridgehead atoms. The maximum atomic E-state index is 9.81. The molecule has 0 aliphatic heterocycles. The van der Waals surface area contributed by atoms with E-state index in [1.165, 1.54) is 0 Å². The minimum atomic E-state index is 0.255. The van der Waals surface area contributed by atoms with Crippen LogP contribution in [0.1, 0.15) is 48.0 Å². The van der Waals surface area contributed by atoms with Crippen molar-refractivity contribution in [3.05, 3.63) is 0 Å². The van der Waals surface area contributed by atoms with Crippen LogP contribution in [0, 0.1) is 0 Å². The fourth-order valence-corrected chi connectivity index (χ4v) is 0.544. The van der Waals surface area contributed by atoms with Crippen molar-refractivity contribution in [2.45, 2.75) is 60.2 Å². The summed E-state index contributed by atoms with van der Waals surface area (Å²) in [5, 5.41) is 0. The Morgan fingerprint density at radius 3 is 1.42 bits per heavy atom. The molecule has 0 atom stereocenters. The Morgan fingerprint density at radius 2 is 1.42 bits per heavy atom. The second-order valence-electron chi connectivity index (χ2n) is 3.29. The summed E-state index contributed by atoms with van der Waals surface area (Å²) in [5.41, 5.74) is 0. The van der Waals surface area contributed by atoms with Crippen LogP contribution >= 0.6 is 0 Å². The first-order valence-corrected chi connectivity index (χ1v) is 4.55. The highest BCUT2D eigenvalue weighted by Gasteiger charge is 1.94. The fourth-order valence-electron chi connectivity index (χ4n) is 0.544. The lowest BCUT2D eigenvalue weighted by Gasteiger charge is -2.09. The molecule has 0 heterocycles. The number of hydrogen-bond donors (Lipinski definition) is 0. The molecule has 0 aromatic carbocycles. The van der Waals surface area contributed by atoms with Crippen molar-refractivity contribution in [3.63, 3.8) is 0 Å². The summed E-state index contributed by atoms with van der Waals surface area (Å²) in [6.07, 6.45) is 1.42. The van der Waals surface area contributed by atoms with E-state index in [1.807, 2.05) is 34.6 Å². The number of carbonyl (C=O) groups is 1. The number of ether oxygens (including phenoxy) is 1. The summed E-state index contributed by atoms with van der Waals surface area (Å²) in [7, 11) is 0. The lowest BCUT2D eigenvalue weighted by atomic mass is 10.4. The number of hydrogen-bond acceptors (Lipinski definition) is 2. The molecule has 0 radical (unpaired) electrons. The van der Waals surface area contributed by atoms with Crippen LogP contribution in [-0.4, -0.2) is 18.0 Å². The number of rotatable bonds is 3. The first-order chi connectivity index (χ1) is 5.40. The van der Waals surface area contributed by atoms with Gasteiger partial charge in [0.15, 0.2) is 0 Å². The molecule has 0 aromatic rings. The van der Waals surface area contributed by atoms with Gasteiger partial charge in [-0.3, -0.25) is 0 Å². The fraction of sp³-hybridized carbons (Fsp3) is 0.900. The van der Waals surface area contributed by atoms with E-state index in [0.717, 1.165) is 0 Å². The lowest BCUT2D eigenvalue weighted by molar-refractivity contribution is -0.116. The van der Waals surface area contributed by atoms with Gasteiger partial charge in [0.2, 0.25) is 0 Å². The Hall–Kier alpha value is -0.370. The second kappa shape index (κ2) is 8.72. The van der Waals surface area contributed by atoms with E-state index in [9.17, 15) is 4.79 Å². The monoisotopic (exact) mass is 174 g/mol. The highest BCUT2D eigenvalue weighted by Crippen LogP contribution is 1.93. The average molecular weight is 174 g/mol. The van der Waals surface area contributed by atoms with Gasteiger partial charge < -0.3 is 9.53 Å². The summed E-state index contributed by atoms with van der Waals surface area (Å²) in [4.78, 5) is 9.81.